The second kappa shape index (κ2) is 7.38. The van der Waals surface area contributed by atoms with Crippen molar-refractivity contribution in [2.75, 3.05) is 31.6 Å². The summed E-state index contributed by atoms with van der Waals surface area (Å²) in [6.07, 6.45) is 0.948. The third-order valence-electron chi connectivity index (χ3n) is 5.06. The third kappa shape index (κ3) is 4.09. The standard InChI is InChI=1S/C21H24N2O2/c24-21(20-14-19(20)17-6-2-1-3-7-17)22-18-8-4-5-16(13-18)15-23-9-11-25-12-10-23/h1-8,13,19-20H,9-12,14-15H2,(H,22,24)/t19-,20-/m0/s1. The normalized spacial score (nSPS) is 23.2. The van der Waals surface area contributed by atoms with Gasteiger partial charge in [0.1, 0.15) is 0 Å². The van der Waals surface area contributed by atoms with Crippen LogP contribution in [-0.2, 0) is 16.1 Å². The zero-order valence-corrected chi connectivity index (χ0v) is 14.4. The molecule has 0 unspecified atom stereocenters. The summed E-state index contributed by atoms with van der Waals surface area (Å²) in [6.45, 7) is 4.45. The molecule has 4 heteroatoms. The molecule has 130 valence electrons. The van der Waals surface area contributed by atoms with Gasteiger partial charge in [0.05, 0.1) is 13.2 Å². The Labute approximate surface area is 148 Å². The molecule has 4 nitrogen and oxygen atoms in total. The number of nitrogens with one attached hydrogen (secondary N) is 1. The van der Waals surface area contributed by atoms with Gasteiger partial charge < -0.3 is 10.1 Å². The van der Waals surface area contributed by atoms with Gasteiger partial charge >= 0.3 is 0 Å². The highest BCUT2D eigenvalue weighted by Gasteiger charge is 2.43. The number of benzene rings is 2. The SMILES string of the molecule is O=C(Nc1cccc(CN2CCOCC2)c1)[C@H]1C[C@H]1c1ccccc1. The predicted molar refractivity (Wildman–Crippen MR) is 98.5 cm³/mol. The summed E-state index contributed by atoms with van der Waals surface area (Å²) in [5.41, 5.74) is 3.40. The van der Waals surface area contributed by atoms with Gasteiger partial charge in [-0.15, -0.1) is 0 Å². The molecular weight excluding hydrogens is 312 g/mol. The van der Waals surface area contributed by atoms with E-state index < -0.39 is 0 Å². The summed E-state index contributed by atoms with van der Waals surface area (Å²) < 4.78 is 5.39. The van der Waals surface area contributed by atoms with Crippen LogP contribution in [0, 0.1) is 5.92 Å². The molecule has 1 N–H and O–H groups in total. The molecule has 0 aromatic heterocycles. The molecule has 0 spiro atoms. The first-order valence-electron chi connectivity index (χ1n) is 9.04. The summed E-state index contributed by atoms with van der Waals surface area (Å²) in [6, 6.07) is 18.5. The van der Waals surface area contributed by atoms with Gasteiger partial charge in [-0.1, -0.05) is 42.5 Å². The zero-order chi connectivity index (χ0) is 17.1. The first-order valence-corrected chi connectivity index (χ1v) is 9.04. The minimum Gasteiger partial charge on any atom is -0.379 e. The largest absolute Gasteiger partial charge is 0.379 e. The molecule has 4 rings (SSSR count). The Kier molecular flexibility index (Phi) is 4.81. The highest BCUT2D eigenvalue weighted by atomic mass is 16.5. The molecular formula is C21H24N2O2. The minimum absolute atomic E-state index is 0.102. The number of hydrogen-bond acceptors (Lipinski definition) is 3. The van der Waals surface area contributed by atoms with Crippen LogP contribution in [0.3, 0.4) is 0 Å². The lowest BCUT2D eigenvalue weighted by molar-refractivity contribution is -0.117. The Morgan fingerprint density at radius 2 is 1.88 bits per heavy atom. The fourth-order valence-corrected chi connectivity index (χ4v) is 3.55. The van der Waals surface area contributed by atoms with E-state index >= 15 is 0 Å². The molecule has 2 aromatic rings. The first kappa shape index (κ1) is 16.3. The van der Waals surface area contributed by atoms with Crippen LogP contribution in [0.2, 0.25) is 0 Å². The Balaban J connectivity index is 1.35. The maximum atomic E-state index is 12.5. The molecule has 1 amide bonds. The lowest BCUT2D eigenvalue weighted by atomic mass is 10.1. The van der Waals surface area contributed by atoms with Gasteiger partial charge in [0.15, 0.2) is 0 Å². The molecule has 1 aliphatic heterocycles. The zero-order valence-electron chi connectivity index (χ0n) is 14.4. The molecule has 25 heavy (non-hydrogen) atoms. The van der Waals surface area contributed by atoms with Crippen molar-refractivity contribution in [3.63, 3.8) is 0 Å². The van der Waals surface area contributed by atoms with Crippen LogP contribution in [0.5, 0.6) is 0 Å². The monoisotopic (exact) mass is 336 g/mol. The molecule has 2 aliphatic rings. The fraction of sp³-hybridized carbons (Fsp3) is 0.381. The van der Waals surface area contributed by atoms with Crippen molar-refractivity contribution in [2.45, 2.75) is 18.9 Å². The number of ether oxygens (including phenoxy) is 1. The third-order valence-corrected chi connectivity index (χ3v) is 5.06. The average Bonchev–Trinajstić information content (AvgIpc) is 3.45. The molecule has 1 aliphatic carbocycles. The Morgan fingerprint density at radius 1 is 1.08 bits per heavy atom. The van der Waals surface area contributed by atoms with Crippen LogP contribution in [0.1, 0.15) is 23.5 Å². The first-order chi connectivity index (χ1) is 12.3. The summed E-state index contributed by atoms with van der Waals surface area (Å²) in [5.74, 6) is 0.611. The summed E-state index contributed by atoms with van der Waals surface area (Å²) in [4.78, 5) is 14.9. The van der Waals surface area contributed by atoms with Crippen LogP contribution in [0.15, 0.2) is 54.6 Å². The summed E-state index contributed by atoms with van der Waals surface area (Å²) >= 11 is 0. The van der Waals surface area contributed by atoms with Crippen molar-refractivity contribution >= 4 is 11.6 Å². The smallest absolute Gasteiger partial charge is 0.228 e. The van der Waals surface area contributed by atoms with Gasteiger partial charge in [-0.05, 0) is 35.6 Å². The van der Waals surface area contributed by atoms with Crippen molar-refractivity contribution in [3.8, 4) is 0 Å². The van der Waals surface area contributed by atoms with Crippen molar-refractivity contribution in [1.82, 2.24) is 4.90 Å². The number of hydrogen-bond donors (Lipinski definition) is 1. The van der Waals surface area contributed by atoms with E-state index in [9.17, 15) is 4.79 Å². The predicted octanol–water partition coefficient (Wildman–Crippen LogP) is 3.26. The van der Waals surface area contributed by atoms with E-state index in [1.54, 1.807) is 0 Å². The lowest BCUT2D eigenvalue weighted by Gasteiger charge is -2.26. The quantitative estimate of drug-likeness (QED) is 0.911. The van der Waals surface area contributed by atoms with Gasteiger partial charge in [0, 0.05) is 31.2 Å². The van der Waals surface area contributed by atoms with Crippen LogP contribution in [0.25, 0.3) is 0 Å². The molecule has 0 radical (unpaired) electrons. The van der Waals surface area contributed by atoms with Crippen LogP contribution in [0.4, 0.5) is 5.69 Å². The topological polar surface area (TPSA) is 41.6 Å². The van der Waals surface area contributed by atoms with E-state index in [0.717, 1.165) is 45.0 Å². The van der Waals surface area contributed by atoms with E-state index in [1.807, 2.05) is 30.3 Å². The van der Waals surface area contributed by atoms with Crippen LogP contribution in [-0.4, -0.2) is 37.1 Å². The average molecular weight is 336 g/mol. The number of nitrogens with zero attached hydrogens (tertiary/aromatic N) is 1. The number of morpholine rings is 1. The van der Waals surface area contributed by atoms with Crippen LogP contribution >= 0.6 is 0 Å². The van der Waals surface area contributed by atoms with Gasteiger partial charge in [0.2, 0.25) is 5.91 Å². The van der Waals surface area contributed by atoms with E-state index in [4.69, 9.17) is 4.74 Å². The van der Waals surface area contributed by atoms with Crippen LogP contribution < -0.4 is 5.32 Å². The van der Waals surface area contributed by atoms with E-state index in [1.165, 1.54) is 11.1 Å². The van der Waals surface area contributed by atoms with E-state index in [-0.39, 0.29) is 11.8 Å². The number of carbonyl (C=O) groups excluding carboxylic acids is 1. The van der Waals surface area contributed by atoms with E-state index in [0.29, 0.717) is 5.92 Å². The van der Waals surface area contributed by atoms with Gasteiger partial charge in [0.25, 0.3) is 0 Å². The second-order valence-electron chi connectivity index (χ2n) is 6.94. The van der Waals surface area contributed by atoms with Crippen molar-refractivity contribution in [2.24, 2.45) is 5.92 Å². The van der Waals surface area contributed by atoms with Gasteiger partial charge in [-0.2, -0.15) is 0 Å². The number of rotatable bonds is 5. The Morgan fingerprint density at radius 3 is 2.68 bits per heavy atom. The fourth-order valence-electron chi connectivity index (χ4n) is 3.55. The van der Waals surface area contributed by atoms with Gasteiger partial charge in [-0.3, -0.25) is 9.69 Å². The number of amides is 1. The molecule has 1 heterocycles. The highest BCUT2D eigenvalue weighted by molar-refractivity contribution is 5.95. The Hall–Kier alpha value is -2.17. The molecule has 1 saturated carbocycles. The summed E-state index contributed by atoms with van der Waals surface area (Å²) in [5, 5.41) is 3.10. The molecule has 1 saturated heterocycles. The molecule has 2 atom stereocenters. The molecule has 0 bridgehead atoms. The van der Waals surface area contributed by atoms with E-state index in [2.05, 4.69) is 34.5 Å². The number of anilines is 1. The molecule has 2 aromatic carbocycles. The maximum Gasteiger partial charge on any atom is 0.228 e. The second-order valence-corrected chi connectivity index (χ2v) is 6.94. The maximum absolute atomic E-state index is 12.5. The number of carbonyl (C=O) groups is 1. The van der Waals surface area contributed by atoms with Crippen molar-refractivity contribution in [3.05, 3.63) is 65.7 Å². The van der Waals surface area contributed by atoms with Gasteiger partial charge in [-0.25, -0.2) is 0 Å². The minimum atomic E-state index is 0.102. The summed E-state index contributed by atoms with van der Waals surface area (Å²) in [7, 11) is 0. The molecule has 2 fully saturated rings. The lowest BCUT2D eigenvalue weighted by Crippen LogP contribution is -2.35. The van der Waals surface area contributed by atoms with Crippen molar-refractivity contribution < 1.29 is 9.53 Å². The van der Waals surface area contributed by atoms with Crippen molar-refractivity contribution in [1.29, 1.82) is 0 Å². The highest BCUT2D eigenvalue weighted by Crippen LogP contribution is 2.47. The Bertz CT molecular complexity index is 726.